The van der Waals surface area contributed by atoms with Crippen LogP contribution in [-0.2, 0) is 6.42 Å². The third-order valence-electron chi connectivity index (χ3n) is 3.35. The Kier molecular flexibility index (Phi) is 5.38. The summed E-state index contributed by atoms with van der Waals surface area (Å²) in [6, 6.07) is 0. The second-order valence-corrected chi connectivity index (χ2v) is 5.12. The molecular formula is C12H22N2OS. The number of hydrogen-bond acceptors (Lipinski definition) is 4. The van der Waals surface area contributed by atoms with Gasteiger partial charge >= 0.3 is 0 Å². The molecule has 0 unspecified atom stereocenters. The van der Waals surface area contributed by atoms with Crippen molar-refractivity contribution < 1.29 is 5.11 Å². The molecule has 3 nitrogen and oxygen atoms in total. The van der Waals surface area contributed by atoms with Gasteiger partial charge in [0.05, 0.1) is 17.8 Å². The Hall–Kier alpha value is -0.450. The average Bonchev–Trinajstić information content (AvgIpc) is 2.71. The summed E-state index contributed by atoms with van der Waals surface area (Å²) in [6.45, 7) is 7.40. The molecule has 0 saturated heterocycles. The third kappa shape index (κ3) is 3.27. The van der Waals surface area contributed by atoms with Crippen LogP contribution in [0, 0.1) is 6.92 Å². The maximum absolute atomic E-state index is 9.42. The van der Waals surface area contributed by atoms with E-state index in [1.165, 1.54) is 4.88 Å². The van der Waals surface area contributed by atoms with E-state index in [0.29, 0.717) is 0 Å². The minimum atomic E-state index is -0.0986. The topological polar surface area (TPSA) is 45.1 Å². The molecule has 1 aromatic heterocycles. The van der Waals surface area contributed by atoms with Crippen LogP contribution in [0.4, 0.5) is 0 Å². The molecule has 1 heterocycles. The Labute approximate surface area is 102 Å². The highest BCUT2D eigenvalue weighted by Crippen LogP contribution is 2.16. The van der Waals surface area contributed by atoms with Gasteiger partial charge in [-0.2, -0.15) is 0 Å². The highest BCUT2D eigenvalue weighted by Gasteiger charge is 2.23. The summed E-state index contributed by atoms with van der Waals surface area (Å²) < 4.78 is 0. The molecule has 0 bridgehead atoms. The molecule has 1 aromatic rings. The maximum Gasteiger partial charge on any atom is 0.0797 e. The Balaban J connectivity index is 2.42. The molecule has 0 atom stereocenters. The van der Waals surface area contributed by atoms with Crippen LogP contribution in [0.2, 0.25) is 0 Å². The first-order chi connectivity index (χ1) is 7.67. The number of rotatable bonds is 7. The fourth-order valence-corrected chi connectivity index (χ4v) is 2.57. The van der Waals surface area contributed by atoms with E-state index in [2.05, 4.69) is 24.1 Å². The molecule has 0 fully saturated rings. The summed E-state index contributed by atoms with van der Waals surface area (Å²) in [7, 11) is 0. The molecule has 2 N–H and O–H groups in total. The molecule has 0 aliphatic rings. The van der Waals surface area contributed by atoms with Crippen molar-refractivity contribution in [3.8, 4) is 0 Å². The number of aryl methyl sites for hydroxylation is 1. The van der Waals surface area contributed by atoms with Gasteiger partial charge in [0.15, 0.2) is 0 Å². The number of aromatic nitrogens is 1. The Morgan fingerprint density at radius 1 is 1.44 bits per heavy atom. The molecule has 1 rings (SSSR count). The van der Waals surface area contributed by atoms with Crippen molar-refractivity contribution in [1.29, 1.82) is 0 Å². The predicted molar refractivity (Wildman–Crippen MR) is 69.0 cm³/mol. The number of hydrogen-bond donors (Lipinski definition) is 2. The van der Waals surface area contributed by atoms with Crippen LogP contribution in [0.5, 0.6) is 0 Å². The SMILES string of the molecule is CCC(CC)(CO)NCCc1scnc1C. The number of aliphatic hydroxyl groups is 1. The van der Waals surface area contributed by atoms with Crippen LogP contribution in [0.1, 0.15) is 37.3 Å². The fraction of sp³-hybridized carbons (Fsp3) is 0.750. The van der Waals surface area contributed by atoms with Crippen molar-refractivity contribution in [3.05, 3.63) is 16.1 Å². The molecule has 0 aromatic carbocycles. The van der Waals surface area contributed by atoms with E-state index in [-0.39, 0.29) is 12.1 Å². The normalized spacial score (nSPS) is 12.0. The van der Waals surface area contributed by atoms with E-state index in [0.717, 1.165) is 31.5 Å². The third-order valence-corrected chi connectivity index (χ3v) is 4.35. The lowest BCUT2D eigenvalue weighted by molar-refractivity contribution is 0.152. The lowest BCUT2D eigenvalue weighted by Crippen LogP contribution is -2.48. The first kappa shape index (κ1) is 13.6. The number of aliphatic hydroxyl groups excluding tert-OH is 1. The Morgan fingerprint density at radius 3 is 2.56 bits per heavy atom. The molecule has 0 amide bonds. The van der Waals surface area contributed by atoms with Crippen LogP contribution in [0.15, 0.2) is 5.51 Å². The van der Waals surface area contributed by atoms with Crippen molar-refractivity contribution in [1.82, 2.24) is 10.3 Å². The summed E-state index contributed by atoms with van der Waals surface area (Å²) in [5.74, 6) is 0. The molecular weight excluding hydrogens is 220 g/mol. The molecule has 0 spiro atoms. The lowest BCUT2D eigenvalue weighted by Gasteiger charge is -2.30. The summed E-state index contributed by atoms with van der Waals surface area (Å²) in [6.07, 6.45) is 2.92. The number of nitrogens with zero attached hydrogens (tertiary/aromatic N) is 1. The number of nitrogens with one attached hydrogen (secondary N) is 1. The summed E-state index contributed by atoms with van der Waals surface area (Å²) in [4.78, 5) is 5.57. The second kappa shape index (κ2) is 6.33. The molecule has 0 saturated carbocycles. The van der Waals surface area contributed by atoms with Crippen molar-refractivity contribution in [2.24, 2.45) is 0 Å². The van der Waals surface area contributed by atoms with Gasteiger partial charge in [-0.15, -0.1) is 11.3 Å². The summed E-state index contributed by atoms with van der Waals surface area (Å²) in [5, 5.41) is 12.9. The average molecular weight is 242 g/mol. The molecule has 16 heavy (non-hydrogen) atoms. The molecule has 92 valence electrons. The maximum atomic E-state index is 9.42. The van der Waals surface area contributed by atoms with Gasteiger partial charge in [0, 0.05) is 17.0 Å². The highest BCUT2D eigenvalue weighted by atomic mass is 32.1. The quantitative estimate of drug-likeness (QED) is 0.770. The number of thiazole rings is 1. The monoisotopic (exact) mass is 242 g/mol. The van der Waals surface area contributed by atoms with E-state index in [1.54, 1.807) is 11.3 Å². The minimum absolute atomic E-state index is 0.0986. The van der Waals surface area contributed by atoms with Crippen molar-refractivity contribution >= 4 is 11.3 Å². The van der Waals surface area contributed by atoms with Crippen LogP contribution in [0.3, 0.4) is 0 Å². The zero-order valence-corrected chi connectivity index (χ0v) is 11.2. The van der Waals surface area contributed by atoms with Gasteiger partial charge < -0.3 is 10.4 Å². The van der Waals surface area contributed by atoms with Gasteiger partial charge in [0.2, 0.25) is 0 Å². The predicted octanol–water partition coefficient (Wildman–Crippen LogP) is 2.13. The van der Waals surface area contributed by atoms with Crippen molar-refractivity contribution in [2.45, 2.75) is 45.6 Å². The fourth-order valence-electron chi connectivity index (χ4n) is 1.79. The molecule has 0 radical (unpaired) electrons. The van der Waals surface area contributed by atoms with Gasteiger partial charge in [-0.25, -0.2) is 4.98 Å². The van der Waals surface area contributed by atoms with Gasteiger partial charge in [0.25, 0.3) is 0 Å². The highest BCUT2D eigenvalue weighted by molar-refractivity contribution is 7.09. The first-order valence-corrected chi connectivity index (χ1v) is 6.80. The van der Waals surface area contributed by atoms with Crippen LogP contribution >= 0.6 is 11.3 Å². The zero-order valence-electron chi connectivity index (χ0n) is 10.4. The smallest absolute Gasteiger partial charge is 0.0797 e. The molecule has 0 aliphatic carbocycles. The molecule has 4 heteroatoms. The van der Waals surface area contributed by atoms with E-state index in [4.69, 9.17) is 0 Å². The Bertz CT molecular complexity index is 299. The van der Waals surface area contributed by atoms with Gasteiger partial charge in [-0.05, 0) is 26.2 Å². The van der Waals surface area contributed by atoms with E-state index >= 15 is 0 Å². The molecule has 0 aliphatic heterocycles. The van der Waals surface area contributed by atoms with Gasteiger partial charge in [-0.3, -0.25) is 0 Å². The summed E-state index contributed by atoms with van der Waals surface area (Å²) >= 11 is 1.71. The van der Waals surface area contributed by atoms with Crippen LogP contribution in [-0.4, -0.2) is 28.8 Å². The van der Waals surface area contributed by atoms with E-state index in [1.807, 2.05) is 12.4 Å². The van der Waals surface area contributed by atoms with E-state index in [9.17, 15) is 5.11 Å². The van der Waals surface area contributed by atoms with Crippen LogP contribution in [0.25, 0.3) is 0 Å². The van der Waals surface area contributed by atoms with Crippen molar-refractivity contribution in [2.75, 3.05) is 13.2 Å². The summed E-state index contributed by atoms with van der Waals surface area (Å²) in [5.41, 5.74) is 2.93. The van der Waals surface area contributed by atoms with Gasteiger partial charge in [-0.1, -0.05) is 13.8 Å². The van der Waals surface area contributed by atoms with Crippen molar-refractivity contribution in [3.63, 3.8) is 0 Å². The zero-order chi connectivity index (χ0) is 12.0. The Morgan fingerprint density at radius 2 is 2.12 bits per heavy atom. The van der Waals surface area contributed by atoms with Crippen LogP contribution < -0.4 is 5.32 Å². The standard InChI is InChI=1S/C12H22N2OS/c1-4-12(5-2,8-15)14-7-6-11-10(3)13-9-16-11/h9,14-15H,4-8H2,1-3H3. The van der Waals surface area contributed by atoms with Gasteiger partial charge in [0.1, 0.15) is 0 Å². The first-order valence-electron chi connectivity index (χ1n) is 5.92. The lowest BCUT2D eigenvalue weighted by atomic mass is 9.94. The van der Waals surface area contributed by atoms with E-state index < -0.39 is 0 Å². The largest absolute Gasteiger partial charge is 0.394 e. The second-order valence-electron chi connectivity index (χ2n) is 4.18. The minimum Gasteiger partial charge on any atom is -0.394 e.